The summed E-state index contributed by atoms with van der Waals surface area (Å²) in [6.07, 6.45) is 5.73. The van der Waals surface area contributed by atoms with Crippen LogP contribution in [0.5, 0.6) is 0 Å². The van der Waals surface area contributed by atoms with Gasteiger partial charge in [-0.25, -0.2) is 0 Å². The topological polar surface area (TPSA) is 0 Å². The summed E-state index contributed by atoms with van der Waals surface area (Å²) in [6.45, 7) is 15.1. The fourth-order valence-corrected chi connectivity index (χ4v) is 1.78. The normalized spacial score (nSPS) is 9.62. The first-order valence-corrected chi connectivity index (χ1v) is 6.20. The van der Waals surface area contributed by atoms with E-state index in [1.807, 2.05) is 26.2 Å². The van der Waals surface area contributed by atoms with Crippen LogP contribution in [0.3, 0.4) is 0 Å². The van der Waals surface area contributed by atoms with Crippen molar-refractivity contribution in [2.24, 2.45) is 0 Å². The third-order valence-corrected chi connectivity index (χ3v) is 2.61. The molecule has 0 aromatic heterocycles. The highest BCUT2D eigenvalue weighted by Gasteiger charge is 1.97. The summed E-state index contributed by atoms with van der Waals surface area (Å²) in [5.74, 6) is 0. The molecule has 13 heavy (non-hydrogen) atoms. The average Bonchev–Trinajstić information content (AvgIpc) is 2.17. The highest BCUT2D eigenvalue weighted by Crippen LogP contribution is 2.29. The van der Waals surface area contributed by atoms with Gasteiger partial charge < -0.3 is 0 Å². The quantitative estimate of drug-likeness (QED) is 0.601. The molecule has 0 spiro atoms. The Hall–Kier alpha value is -0.340. The van der Waals surface area contributed by atoms with Gasteiger partial charge in [0.05, 0.1) is 0 Å². The van der Waals surface area contributed by atoms with Crippen LogP contribution in [0.2, 0.25) is 0 Å². The SMILES string of the molecule is C=C/C=C(\SC)C(=C)SC=C.CC. The first-order chi connectivity index (χ1) is 6.26. The van der Waals surface area contributed by atoms with Gasteiger partial charge in [0, 0.05) is 9.81 Å². The van der Waals surface area contributed by atoms with Crippen LogP contribution in [0.4, 0.5) is 0 Å². The summed E-state index contributed by atoms with van der Waals surface area (Å²) < 4.78 is 0. The molecule has 0 aliphatic rings. The Kier molecular flexibility index (Phi) is 13.6. The van der Waals surface area contributed by atoms with E-state index in [4.69, 9.17) is 0 Å². The van der Waals surface area contributed by atoms with Crippen LogP contribution in [0.15, 0.2) is 47.1 Å². The molecule has 0 N–H and O–H groups in total. The Morgan fingerprint density at radius 1 is 1.23 bits per heavy atom. The van der Waals surface area contributed by atoms with E-state index in [0.29, 0.717) is 0 Å². The van der Waals surface area contributed by atoms with Gasteiger partial charge in [-0.05, 0) is 17.7 Å². The third-order valence-electron chi connectivity index (χ3n) is 0.990. The third kappa shape index (κ3) is 8.00. The van der Waals surface area contributed by atoms with Gasteiger partial charge in [0.2, 0.25) is 0 Å². The average molecular weight is 214 g/mol. The summed E-state index contributed by atoms with van der Waals surface area (Å²) >= 11 is 3.20. The standard InChI is InChI=1S/C9H12S2.C2H6/c1-5-7-9(10-4)8(3)11-6-2;1-2/h5-7H,1-3H2,4H3;1-2H3/b9-7-;. The molecule has 0 aliphatic carbocycles. The Morgan fingerprint density at radius 2 is 1.77 bits per heavy atom. The summed E-state index contributed by atoms with van der Waals surface area (Å²) in [5, 5.41) is 1.77. The minimum atomic E-state index is 1.02. The van der Waals surface area contributed by atoms with Crippen LogP contribution in [0.1, 0.15) is 13.8 Å². The molecule has 0 rings (SSSR count). The maximum Gasteiger partial charge on any atom is 0.0202 e. The van der Waals surface area contributed by atoms with Crippen molar-refractivity contribution in [3.63, 3.8) is 0 Å². The van der Waals surface area contributed by atoms with Crippen molar-refractivity contribution in [1.29, 1.82) is 0 Å². The van der Waals surface area contributed by atoms with Gasteiger partial charge in [-0.3, -0.25) is 0 Å². The molecule has 74 valence electrons. The lowest BCUT2D eigenvalue weighted by Gasteiger charge is -2.02. The molecule has 0 bridgehead atoms. The second-order valence-corrected chi connectivity index (χ2v) is 3.59. The van der Waals surface area contributed by atoms with Gasteiger partial charge in [0.15, 0.2) is 0 Å². The smallest absolute Gasteiger partial charge is 0.0202 e. The Bertz CT molecular complexity index is 190. The van der Waals surface area contributed by atoms with E-state index in [1.165, 1.54) is 11.8 Å². The van der Waals surface area contributed by atoms with E-state index in [2.05, 4.69) is 19.7 Å². The molecule has 0 nitrogen and oxygen atoms in total. The van der Waals surface area contributed by atoms with Crippen LogP contribution in [0.25, 0.3) is 0 Å². The van der Waals surface area contributed by atoms with Crippen molar-refractivity contribution < 1.29 is 0 Å². The molecule has 0 heterocycles. The molecule has 0 aromatic rings. The molecule has 2 heteroatoms. The van der Waals surface area contributed by atoms with Crippen molar-refractivity contribution >= 4 is 23.5 Å². The van der Waals surface area contributed by atoms with Crippen LogP contribution < -0.4 is 0 Å². The largest absolute Gasteiger partial charge is 0.128 e. The molecule has 0 aliphatic heterocycles. The van der Waals surface area contributed by atoms with Crippen molar-refractivity contribution in [3.8, 4) is 0 Å². The maximum atomic E-state index is 3.89. The summed E-state index contributed by atoms with van der Waals surface area (Å²) in [4.78, 5) is 2.16. The number of hydrogen-bond acceptors (Lipinski definition) is 2. The number of hydrogen-bond donors (Lipinski definition) is 0. The monoisotopic (exact) mass is 214 g/mol. The van der Waals surface area contributed by atoms with Crippen molar-refractivity contribution in [3.05, 3.63) is 47.1 Å². The Balaban J connectivity index is 0. The summed E-state index contributed by atoms with van der Waals surface area (Å²) in [5.41, 5.74) is 0. The van der Waals surface area contributed by atoms with Gasteiger partial charge in [-0.2, -0.15) is 0 Å². The first kappa shape index (κ1) is 15.1. The van der Waals surface area contributed by atoms with Crippen LogP contribution in [0, 0.1) is 0 Å². The highest BCUT2D eigenvalue weighted by molar-refractivity contribution is 8.09. The number of rotatable bonds is 5. The number of allylic oxidation sites excluding steroid dienone is 2. The fraction of sp³-hybridized carbons (Fsp3) is 0.273. The van der Waals surface area contributed by atoms with Crippen molar-refractivity contribution in [2.45, 2.75) is 13.8 Å². The second-order valence-electron chi connectivity index (χ2n) is 1.68. The van der Waals surface area contributed by atoms with Gasteiger partial charge >= 0.3 is 0 Å². The molecular formula is C11H18S2. The summed E-state index contributed by atoms with van der Waals surface area (Å²) in [6, 6.07) is 0. The molecular weight excluding hydrogens is 196 g/mol. The Labute approximate surface area is 90.9 Å². The lowest BCUT2D eigenvalue weighted by molar-refractivity contribution is 1.50. The zero-order valence-electron chi connectivity index (χ0n) is 8.67. The predicted octanol–water partition coefficient (Wildman–Crippen LogP) is 4.84. The van der Waals surface area contributed by atoms with Gasteiger partial charge in [-0.1, -0.05) is 51.4 Å². The molecule has 0 unspecified atom stereocenters. The summed E-state index contributed by atoms with van der Waals surface area (Å²) in [7, 11) is 0. The lowest BCUT2D eigenvalue weighted by atomic mass is 10.5. The van der Waals surface area contributed by atoms with Crippen LogP contribution in [-0.4, -0.2) is 6.26 Å². The fourth-order valence-electron chi connectivity index (χ4n) is 0.541. The van der Waals surface area contributed by atoms with E-state index in [0.717, 1.165) is 9.81 Å². The van der Waals surface area contributed by atoms with Gasteiger partial charge in [0.1, 0.15) is 0 Å². The molecule has 0 radical (unpaired) electrons. The van der Waals surface area contributed by atoms with Gasteiger partial charge in [0.25, 0.3) is 0 Å². The molecule has 0 saturated carbocycles. The minimum absolute atomic E-state index is 1.02. The van der Waals surface area contributed by atoms with Gasteiger partial charge in [-0.15, -0.1) is 11.8 Å². The minimum Gasteiger partial charge on any atom is -0.128 e. The zero-order chi connectivity index (χ0) is 10.7. The van der Waals surface area contributed by atoms with Crippen molar-refractivity contribution in [1.82, 2.24) is 0 Å². The molecule has 0 fully saturated rings. The van der Waals surface area contributed by atoms with E-state index < -0.39 is 0 Å². The predicted molar refractivity (Wildman–Crippen MR) is 70.1 cm³/mol. The number of thioether (sulfide) groups is 2. The van der Waals surface area contributed by atoms with Crippen LogP contribution in [-0.2, 0) is 0 Å². The lowest BCUT2D eigenvalue weighted by Crippen LogP contribution is -1.74. The molecule has 0 saturated heterocycles. The molecule has 0 amide bonds. The zero-order valence-corrected chi connectivity index (χ0v) is 10.3. The maximum absolute atomic E-state index is 3.89. The van der Waals surface area contributed by atoms with Crippen LogP contribution >= 0.6 is 23.5 Å². The molecule has 0 atom stereocenters. The van der Waals surface area contributed by atoms with E-state index in [1.54, 1.807) is 23.2 Å². The van der Waals surface area contributed by atoms with E-state index >= 15 is 0 Å². The van der Waals surface area contributed by atoms with E-state index in [9.17, 15) is 0 Å². The second kappa shape index (κ2) is 11.7. The van der Waals surface area contributed by atoms with Crippen molar-refractivity contribution in [2.75, 3.05) is 6.26 Å². The Morgan fingerprint density at radius 3 is 2.08 bits per heavy atom. The highest BCUT2D eigenvalue weighted by atomic mass is 32.2. The molecule has 0 aromatic carbocycles. The van der Waals surface area contributed by atoms with E-state index in [-0.39, 0.29) is 0 Å². The first-order valence-electron chi connectivity index (χ1n) is 4.09.